The summed E-state index contributed by atoms with van der Waals surface area (Å²) in [6.45, 7) is 2.20. The van der Waals surface area contributed by atoms with Crippen LogP contribution in [0.25, 0.3) is 16.6 Å². The second-order valence-corrected chi connectivity index (χ2v) is 8.39. The summed E-state index contributed by atoms with van der Waals surface area (Å²) >= 11 is 0. The topological polar surface area (TPSA) is 61.1 Å². The molecular formula is C26H28N4O2. The molecule has 2 heterocycles. The lowest BCUT2D eigenvalue weighted by Gasteiger charge is -2.12. The molecule has 2 aromatic heterocycles. The summed E-state index contributed by atoms with van der Waals surface area (Å²) in [5.74, 6) is 0.568. The molecule has 6 heteroatoms. The molecule has 32 heavy (non-hydrogen) atoms. The number of aromatic nitrogens is 3. The van der Waals surface area contributed by atoms with E-state index in [1.54, 1.807) is 10.8 Å². The Bertz CT molecular complexity index is 1240. The largest absolute Gasteiger partial charge is 0.489 e. The van der Waals surface area contributed by atoms with Gasteiger partial charge in [-0.25, -0.2) is 0 Å². The van der Waals surface area contributed by atoms with Crippen molar-refractivity contribution in [1.29, 1.82) is 0 Å². The van der Waals surface area contributed by atoms with Crippen LogP contribution in [0.2, 0.25) is 0 Å². The Morgan fingerprint density at radius 2 is 1.88 bits per heavy atom. The highest BCUT2D eigenvalue weighted by atomic mass is 16.5. The lowest BCUT2D eigenvalue weighted by Crippen LogP contribution is -2.29. The number of pyridine rings is 1. The first-order valence-corrected chi connectivity index (χ1v) is 11.3. The summed E-state index contributed by atoms with van der Waals surface area (Å²) in [7, 11) is 0. The molecule has 0 radical (unpaired) electrons. The van der Waals surface area contributed by atoms with E-state index < -0.39 is 0 Å². The molecule has 0 spiro atoms. The molecule has 4 aromatic rings. The average molecular weight is 429 g/mol. The molecule has 0 aliphatic heterocycles. The summed E-state index contributed by atoms with van der Waals surface area (Å²) in [6.07, 6.45) is 8.88. The lowest BCUT2D eigenvalue weighted by molar-refractivity contribution is 0.305. The molecular weight excluding hydrogens is 400 g/mol. The predicted molar refractivity (Wildman–Crippen MR) is 126 cm³/mol. The number of benzene rings is 2. The van der Waals surface area contributed by atoms with Crippen LogP contribution in [0.4, 0.5) is 0 Å². The van der Waals surface area contributed by atoms with Crippen molar-refractivity contribution in [1.82, 2.24) is 19.7 Å². The van der Waals surface area contributed by atoms with Crippen molar-refractivity contribution in [2.75, 3.05) is 6.54 Å². The van der Waals surface area contributed by atoms with Crippen LogP contribution in [0.1, 0.15) is 31.2 Å². The van der Waals surface area contributed by atoms with Gasteiger partial charge in [0.15, 0.2) is 0 Å². The molecule has 1 fully saturated rings. The third-order valence-corrected chi connectivity index (χ3v) is 6.15. The van der Waals surface area contributed by atoms with E-state index in [0.29, 0.717) is 18.4 Å². The lowest BCUT2D eigenvalue weighted by atomic mass is 10.2. The van der Waals surface area contributed by atoms with Gasteiger partial charge in [-0.15, -0.1) is 0 Å². The molecule has 0 unspecified atom stereocenters. The number of ether oxygens (including phenoxy) is 1. The molecule has 5 rings (SSSR count). The standard InChI is InChI=1S/C26H28N4O2/c31-26-17-24(32-19-20-6-2-1-3-7-20)12-14-29(26)23-10-11-25-21(16-23)18-28-30(25)15-13-27-22-8-4-5-9-22/h1-3,6-7,10-12,14,16-18,22,27H,4-5,8-9,13,15,19H2. The second kappa shape index (κ2) is 9.40. The summed E-state index contributed by atoms with van der Waals surface area (Å²) in [6, 6.07) is 20.0. The van der Waals surface area contributed by atoms with E-state index in [9.17, 15) is 4.79 Å². The fourth-order valence-electron chi connectivity index (χ4n) is 4.41. The summed E-state index contributed by atoms with van der Waals surface area (Å²) in [4.78, 5) is 12.7. The predicted octanol–water partition coefficient (Wildman–Crippen LogP) is 4.30. The van der Waals surface area contributed by atoms with Crippen molar-refractivity contribution < 1.29 is 4.74 Å². The van der Waals surface area contributed by atoms with Crippen molar-refractivity contribution in [3.05, 3.63) is 89.0 Å². The SMILES string of the molecule is O=c1cc(OCc2ccccc2)ccn1-c1ccc2c(cnn2CCNC2CCCC2)c1. The number of hydrogen-bond donors (Lipinski definition) is 1. The molecule has 1 saturated carbocycles. The molecule has 0 bridgehead atoms. The van der Waals surface area contributed by atoms with Crippen LogP contribution in [0.15, 0.2) is 77.9 Å². The molecule has 2 aromatic carbocycles. The van der Waals surface area contributed by atoms with Crippen molar-refractivity contribution in [3.8, 4) is 11.4 Å². The van der Waals surface area contributed by atoms with Gasteiger partial charge in [-0.1, -0.05) is 43.2 Å². The van der Waals surface area contributed by atoms with Gasteiger partial charge in [-0.05, 0) is 42.7 Å². The van der Waals surface area contributed by atoms with Gasteiger partial charge >= 0.3 is 0 Å². The van der Waals surface area contributed by atoms with E-state index in [2.05, 4.69) is 10.4 Å². The van der Waals surface area contributed by atoms with Crippen LogP contribution < -0.4 is 15.6 Å². The minimum atomic E-state index is -0.122. The molecule has 6 nitrogen and oxygen atoms in total. The first-order chi connectivity index (χ1) is 15.8. The fraction of sp³-hybridized carbons (Fsp3) is 0.308. The summed E-state index contributed by atoms with van der Waals surface area (Å²) < 4.78 is 9.44. The number of nitrogens with zero attached hydrogens (tertiary/aromatic N) is 3. The Labute approximate surface area is 187 Å². The highest BCUT2D eigenvalue weighted by Gasteiger charge is 2.14. The minimum absolute atomic E-state index is 0.122. The van der Waals surface area contributed by atoms with E-state index in [0.717, 1.165) is 35.2 Å². The first-order valence-electron chi connectivity index (χ1n) is 11.3. The van der Waals surface area contributed by atoms with Crippen molar-refractivity contribution in [2.45, 2.75) is 44.9 Å². The zero-order valence-electron chi connectivity index (χ0n) is 18.1. The molecule has 0 amide bonds. The molecule has 1 N–H and O–H groups in total. The first kappa shape index (κ1) is 20.5. The van der Waals surface area contributed by atoms with Gasteiger partial charge in [-0.2, -0.15) is 5.10 Å². The van der Waals surface area contributed by atoms with E-state index in [1.807, 2.05) is 65.5 Å². The molecule has 1 aliphatic rings. The summed E-state index contributed by atoms with van der Waals surface area (Å²) in [5.41, 5.74) is 2.85. The van der Waals surface area contributed by atoms with Gasteiger partial charge in [0.2, 0.25) is 0 Å². The Kier molecular flexibility index (Phi) is 6.03. The fourth-order valence-corrected chi connectivity index (χ4v) is 4.41. The maximum absolute atomic E-state index is 12.7. The van der Waals surface area contributed by atoms with Crippen LogP contribution in [-0.4, -0.2) is 26.9 Å². The van der Waals surface area contributed by atoms with Gasteiger partial charge in [0.25, 0.3) is 5.56 Å². The average Bonchev–Trinajstić information content (AvgIpc) is 3.48. The maximum atomic E-state index is 12.7. The summed E-state index contributed by atoms with van der Waals surface area (Å²) in [5, 5.41) is 9.22. The Hall–Kier alpha value is -3.38. The van der Waals surface area contributed by atoms with Crippen LogP contribution in [-0.2, 0) is 13.2 Å². The quantitative estimate of drug-likeness (QED) is 0.455. The van der Waals surface area contributed by atoms with E-state index in [4.69, 9.17) is 4.74 Å². The van der Waals surface area contributed by atoms with Gasteiger partial charge in [0.1, 0.15) is 12.4 Å². The van der Waals surface area contributed by atoms with Gasteiger partial charge in [0, 0.05) is 35.9 Å². The minimum Gasteiger partial charge on any atom is -0.489 e. The second-order valence-electron chi connectivity index (χ2n) is 8.39. The Balaban J connectivity index is 1.27. The zero-order valence-corrected chi connectivity index (χ0v) is 18.1. The molecule has 0 atom stereocenters. The Morgan fingerprint density at radius 1 is 1.03 bits per heavy atom. The normalized spacial score (nSPS) is 14.2. The number of nitrogens with one attached hydrogen (secondary N) is 1. The van der Waals surface area contributed by atoms with Gasteiger partial charge in [-0.3, -0.25) is 14.0 Å². The Morgan fingerprint density at radius 3 is 2.69 bits per heavy atom. The van der Waals surface area contributed by atoms with Crippen LogP contribution in [0.3, 0.4) is 0 Å². The van der Waals surface area contributed by atoms with Gasteiger partial charge < -0.3 is 10.1 Å². The molecule has 164 valence electrons. The number of hydrogen-bond acceptors (Lipinski definition) is 4. The monoisotopic (exact) mass is 428 g/mol. The van der Waals surface area contributed by atoms with E-state index >= 15 is 0 Å². The number of rotatable bonds is 8. The highest BCUT2D eigenvalue weighted by molar-refractivity contribution is 5.80. The maximum Gasteiger partial charge on any atom is 0.258 e. The van der Waals surface area contributed by atoms with Crippen molar-refractivity contribution in [2.24, 2.45) is 0 Å². The van der Waals surface area contributed by atoms with Crippen molar-refractivity contribution in [3.63, 3.8) is 0 Å². The third-order valence-electron chi connectivity index (χ3n) is 6.15. The van der Waals surface area contributed by atoms with Crippen LogP contribution >= 0.6 is 0 Å². The van der Waals surface area contributed by atoms with Crippen molar-refractivity contribution >= 4 is 10.9 Å². The molecule has 0 saturated heterocycles. The van der Waals surface area contributed by atoms with E-state index in [1.165, 1.54) is 31.7 Å². The number of fused-ring (bicyclic) bond motifs is 1. The van der Waals surface area contributed by atoms with Crippen LogP contribution in [0.5, 0.6) is 5.75 Å². The van der Waals surface area contributed by atoms with Crippen LogP contribution in [0, 0.1) is 0 Å². The highest BCUT2D eigenvalue weighted by Crippen LogP contribution is 2.20. The van der Waals surface area contributed by atoms with E-state index in [-0.39, 0.29) is 5.56 Å². The molecule has 1 aliphatic carbocycles. The smallest absolute Gasteiger partial charge is 0.258 e. The third kappa shape index (κ3) is 4.60. The van der Waals surface area contributed by atoms with Gasteiger partial charge in [0.05, 0.1) is 18.3 Å². The zero-order chi connectivity index (χ0) is 21.8.